The molecule has 0 atom stereocenters. The first-order chi connectivity index (χ1) is 12.0. The van der Waals surface area contributed by atoms with Gasteiger partial charge in [0.05, 0.1) is 18.5 Å². The normalized spacial score (nSPS) is 11.9. The number of ketones is 1. The summed E-state index contributed by atoms with van der Waals surface area (Å²) < 4.78 is 4.78. The van der Waals surface area contributed by atoms with E-state index in [2.05, 4.69) is 0 Å². The van der Waals surface area contributed by atoms with Gasteiger partial charge in [-0.3, -0.25) is 4.79 Å². The van der Waals surface area contributed by atoms with Gasteiger partial charge in [-0.05, 0) is 28.3 Å². The van der Waals surface area contributed by atoms with Crippen molar-refractivity contribution in [2.45, 2.75) is 12.8 Å². The number of carboxylic acids is 2. The topological polar surface area (TPSA) is 107 Å². The Morgan fingerprint density at radius 1 is 0.920 bits per heavy atom. The van der Waals surface area contributed by atoms with Crippen LogP contribution in [0.4, 0.5) is 0 Å². The lowest BCUT2D eigenvalue weighted by atomic mass is 9.94. The Hall–Kier alpha value is -2.99. The maximum atomic E-state index is 12.6. The van der Waals surface area contributed by atoms with Gasteiger partial charge in [-0.25, -0.2) is 0 Å². The summed E-state index contributed by atoms with van der Waals surface area (Å²) in [4.78, 5) is 35.2. The molecule has 6 nitrogen and oxygen atoms in total. The highest BCUT2D eigenvalue weighted by atomic mass is 16.5. The Bertz CT molecular complexity index is 845. The number of carbonyl (C=O) groups excluding carboxylic acids is 3. The van der Waals surface area contributed by atoms with Gasteiger partial charge in [0.2, 0.25) is 0 Å². The molecule has 0 spiro atoms. The fourth-order valence-electron chi connectivity index (χ4n) is 2.61. The molecule has 0 aliphatic carbocycles. The third-order valence-corrected chi connectivity index (χ3v) is 3.84. The molecular formula is C19H16O6-2. The van der Waals surface area contributed by atoms with Crippen molar-refractivity contribution in [1.82, 2.24) is 0 Å². The zero-order chi connectivity index (χ0) is 18.4. The predicted octanol–water partition coefficient (Wildman–Crippen LogP) is 0.245. The van der Waals surface area contributed by atoms with Crippen LogP contribution in [0.3, 0.4) is 0 Å². The molecule has 2 aromatic carbocycles. The smallest absolute Gasteiger partial charge is 0.167 e. The van der Waals surface area contributed by atoms with E-state index >= 15 is 0 Å². The molecule has 25 heavy (non-hydrogen) atoms. The Labute approximate surface area is 144 Å². The van der Waals surface area contributed by atoms with E-state index in [1.165, 1.54) is 7.11 Å². The van der Waals surface area contributed by atoms with E-state index in [9.17, 15) is 24.6 Å². The number of Topliss-reactive ketones (excluding diaryl/α,β-unsaturated/α-hetero) is 1. The third kappa shape index (κ3) is 4.30. The van der Waals surface area contributed by atoms with Crippen LogP contribution in [0.25, 0.3) is 10.8 Å². The lowest BCUT2D eigenvalue weighted by molar-refractivity contribution is -0.304. The van der Waals surface area contributed by atoms with Crippen LogP contribution in [0.2, 0.25) is 0 Å². The third-order valence-electron chi connectivity index (χ3n) is 3.84. The van der Waals surface area contributed by atoms with Crippen LogP contribution in [-0.2, 0) is 14.3 Å². The largest absolute Gasteiger partial charge is 0.545 e. The monoisotopic (exact) mass is 340 g/mol. The predicted molar refractivity (Wildman–Crippen MR) is 86.4 cm³/mol. The fourth-order valence-corrected chi connectivity index (χ4v) is 2.61. The molecule has 0 N–H and O–H groups in total. The van der Waals surface area contributed by atoms with E-state index < -0.39 is 35.3 Å². The van der Waals surface area contributed by atoms with Crippen LogP contribution in [0.15, 0.2) is 53.6 Å². The van der Waals surface area contributed by atoms with Crippen LogP contribution in [0.5, 0.6) is 0 Å². The molecule has 0 bridgehead atoms. The van der Waals surface area contributed by atoms with Crippen LogP contribution in [0, 0.1) is 0 Å². The van der Waals surface area contributed by atoms with Gasteiger partial charge in [-0.15, -0.1) is 0 Å². The molecule has 0 amide bonds. The number of carboxylic acid groups (broad SMARTS) is 2. The van der Waals surface area contributed by atoms with Gasteiger partial charge in [0.25, 0.3) is 0 Å². The van der Waals surface area contributed by atoms with Gasteiger partial charge < -0.3 is 24.5 Å². The zero-order valence-corrected chi connectivity index (χ0v) is 13.6. The zero-order valence-electron chi connectivity index (χ0n) is 13.6. The molecule has 6 heteroatoms. The second-order valence-corrected chi connectivity index (χ2v) is 5.40. The summed E-state index contributed by atoms with van der Waals surface area (Å²) in [5.74, 6) is -3.86. The number of ether oxygens (including phenoxy) is 1. The first kappa shape index (κ1) is 18.4. The summed E-state index contributed by atoms with van der Waals surface area (Å²) in [5, 5.41) is 24.1. The van der Waals surface area contributed by atoms with Gasteiger partial charge in [0.15, 0.2) is 5.78 Å². The van der Waals surface area contributed by atoms with E-state index in [0.717, 1.165) is 5.39 Å². The molecule has 0 radical (unpaired) electrons. The average Bonchev–Trinajstić information content (AvgIpc) is 2.59. The number of hydrogen-bond acceptors (Lipinski definition) is 6. The molecule has 2 rings (SSSR count). The number of benzene rings is 2. The number of rotatable bonds is 8. The van der Waals surface area contributed by atoms with Crippen molar-refractivity contribution in [2.24, 2.45) is 0 Å². The van der Waals surface area contributed by atoms with Crippen LogP contribution < -0.4 is 10.2 Å². The summed E-state index contributed by atoms with van der Waals surface area (Å²) in [6.45, 7) is -0.0114. The van der Waals surface area contributed by atoms with E-state index in [0.29, 0.717) is 10.9 Å². The molecule has 0 fully saturated rings. The van der Waals surface area contributed by atoms with Crippen molar-refractivity contribution in [3.05, 3.63) is 59.2 Å². The SMILES string of the molecule is COCC/C(C(=O)[O-])=C(/CC(=O)c1cccc2ccccc12)C(=O)[O-]. The van der Waals surface area contributed by atoms with Gasteiger partial charge in [0.1, 0.15) is 0 Å². The molecule has 0 unspecified atom stereocenters. The Balaban J connectivity index is 2.43. The summed E-state index contributed by atoms with van der Waals surface area (Å²) in [6.07, 6.45) is -0.783. The van der Waals surface area contributed by atoms with Crippen molar-refractivity contribution >= 4 is 28.5 Å². The van der Waals surface area contributed by atoms with Crippen molar-refractivity contribution in [3.63, 3.8) is 0 Å². The molecule has 130 valence electrons. The van der Waals surface area contributed by atoms with E-state index in [1.807, 2.05) is 18.2 Å². The van der Waals surface area contributed by atoms with Crippen molar-refractivity contribution in [1.29, 1.82) is 0 Å². The van der Waals surface area contributed by atoms with Gasteiger partial charge in [0, 0.05) is 19.1 Å². The lowest BCUT2D eigenvalue weighted by Gasteiger charge is -2.17. The molecule has 0 heterocycles. The first-order valence-electron chi connectivity index (χ1n) is 7.60. The van der Waals surface area contributed by atoms with E-state index in [1.54, 1.807) is 24.3 Å². The highest BCUT2D eigenvalue weighted by Gasteiger charge is 2.17. The van der Waals surface area contributed by atoms with Crippen LogP contribution in [-0.4, -0.2) is 31.4 Å². The second kappa shape index (κ2) is 8.21. The number of carbonyl (C=O) groups is 3. The minimum Gasteiger partial charge on any atom is -0.545 e. The second-order valence-electron chi connectivity index (χ2n) is 5.40. The highest BCUT2D eigenvalue weighted by molar-refractivity contribution is 6.12. The van der Waals surface area contributed by atoms with Crippen molar-refractivity contribution in [2.75, 3.05) is 13.7 Å². The van der Waals surface area contributed by atoms with Gasteiger partial charge in [-0.1, -0.05) is 42.5 Å². The highest BCUT2D eigenvalue weighted by Crippen LogP contribution is 2.22. The summed E-state index contributed by atoms with van der Waals surface area (Å²) in [5.41, 5.74) is -0.758. The summed E-state index contributed by atoms with van der Waals surface area (Å²) >= 11 is 0. The maximum absolute atomic E-state index is 12.6. The molecule has 0 aromatic heterocycles. The van der Waals surface area contributed by atoms with Gasteiger partial charge >= 0.3 is 0 Å². The van der Waals surface area contributed by atoms with Crippen LogP contribution in [0.1, 0.15) is 23.2 Å². The molecule has 0 aliphatic heterocycles. The Kier molecular flexibility index (Phi) is 6.03. The quantitative estimate of drug-likeness (QED) is 0.503. The molecular weight excluding hydrogens is 324 g/mol. The van der Waals surface area contributed by atoms with Gasteiger partial charge in [-0.2, -0.15) is 0 Å². The maximum Gasteiger partial charge on any atom is 0.167 e. The van der Waals surface area contributed by atoms with Crippen LogP contribution >= 0.6 is 0 Å². The standard InChI is InChI=1S/C19H18O6/c1-25-10-9-15(18(21)22)16(19(23)24)11-17(20)14-8-4-6-12-5-2-3-7-13(12)14/h2-8H,9-11H2,1H3,(H,21,22)(H,23,24)/p-2/b16-15+. The minimum atomic E-state index is -1.70. The molecule has 0 aliphatic rings. The number of methoxy groups -OCH3 is 1. The number of fused-ring (bicyclic) bond motifs is 1. The van der Waals surface area contributed by atoms with E-state index in [4.69, 9.17) is 4.74 Å². The first-order valence-corrected chi connectivity index (χ1v) is 7.60. The minimum absolute atomic E-state index is 0.0114. The molecule has 0 saturated carbocycles. The number of hydrogen-bond donors (Lipinski definition) is 0. The fraction of sp³-hybridized carbons (Fsp3) is 0.211. The summed E-state index contributed by atoms with van der Waals surface area (Å²) in [7, 11) is 1.35. The lowest BCUT2D eigenvalue weighted by Crippen LogP contribution is -2.33. The Morgan fingerprint density at radius 2 is 1.56 bits per heavy atom. The average molecular weight is 340 g/mol. The molecule has 0 saturated heterocycles. The van der Waals surface area contributed by atoms with Crippen molar-refractivity contribution < 1.29 is 29.3 Å². The summed E-state index contributed by atoms with van der Waals surface area (Å²) in [6, 6.07) is 12.2. The Morgan fingerprint density at radius 3 is 2.20 bits per heavy atom. The number of aliphatic carboxylic acids is 2. The van der Waals surface area contributed by atoms with Crippen molar-refractivity contribution in [3.8, 4) is 0 Å². The van der Waals surface area contributed by atoms with E-state index in [-0.39, 0.29) is 13.0 Å². The molecule has 2 aromatic rings.